The van der Waals surface area contributed by atoms with Gasteiger partial charge in [0.25, 0.3) is 5.69 Å². The van der Waals surface area contributed by atoms with Crippen LogP contribution >= 0.6 is 31.9 Å². The van der Waals surface area contributed by atoms with Crippen molar-refractivity contribution in [1.82, 2.24) is 0 Å². The lowest BCUT2D eigenvalue weighted by Gasteiger charge is -2.02. The smallest absolute Gasteiger partial charge is 0.328 e. The van der Waals surface area contributed by atoms with Crippen LogP contribution in [0.2, 0.25) is 0 Å². The van der Waals surface area contributed by atoms with E-state index in [9.17, 15) is 14.9 Å². The van der Waals surface area contributed by atoms with E-state index in [0.29, 0.717) is 10.0 Å². The topological polar surface area (TPSA) is 80.4 Å². The molecule has 0 saturated carbocycles. The third-order valence-electron chi connectivity index (χ3n) is 1.70. The molecule has 0 radical (unpaired) electrons. The molecular weight excluding hydrogens is 346 g/mol. The van der Waals surface area contributed by atoms with E-state index in [0.717, 1.165) is 6.08 Å². The molecule has 0 atom stereocenters. The molecule has 7 heteroatoms. The molecule has 0 aromatic heterocycles. The van der Waals surface area contributed by atoms with E-state index >= 15 is 0 Å². The SMILES string of the molecule is O=C(O)/C=C/c1c(Br)ccc([N+](=O)[O-])c1Br. The standard InChI is InChI=1S/C9H5Br2NO4/c10-6-2-3-7(12(15)16)9(11)5(6)1-4-8(13)14/h1-4H,(H,13,14)/b4-1+. The molecule has 1 rings (SSSR count). The molecule has 0 amide bonds. The summed E-state index contributed by atoms with van der Waals surface area (Å²) >= 11 is 6.25. The number of aliphatic carboxylic acids is 1. The van der Waals surface area contributed by atoms with Crippen molar-refractivity contribution in [3.05, 3.63) is 42.8 Å². The van der Waals surface area contributed by atoms with Gasteiger partial charge in [-0.15, -0.1) is 0 Å². The number of carboxylic acid groups (broad SMARTS) is 1. The highest BCUT2D eigenvalue weighted by Crippen LogP contribution is 2.34. The normalized spacial score (nSPS) is 10.6. The van der Waals surface area contributed by atoms with Crippen LogP contribution < -0.4 is 0 Å². The highest BCUT2D eigenvalue weighted by atomic mass is 79.9. The average Bonchev–Trinajstić information content (AvgIpc) is 2.16. The average molecular weight is 351 g/mol. The second kappa shape index (κ2) is 5.22. The molecule has 0 aliphatic carbocycles. The van der Waals surface area contributed by atoms with Gasteiger partial charge in [-0.1, -0.05) is 15.9 Å². The van der Waals surface area contributed by atoms with Crippen LogP contribution in [0.1, 0.15) is 5.56 Å². The van der Waals surface area contributed by atoms with Crippen LogP contribution in [0.4, 0.5) is 5.69 Å². The molecule has 0 saturated heterocycles. The number of hydrogen-bond acceptors (Lipinski definition) is 3. The Morgan fingerprint density at radius 2 is 2.06 bits per heavy atom. The van der Waals surface area contributed by atoms with Crippen LogP contribution in [0.5, 0.6) is 0 Å². The molecule has 0 heterocycles. The molecule has 0 unspecified atom stereocenters. The fourth-order valence-electron chi connectivity index (χ4n) is 1.01. The van der Waals surface area contributed by atoms with E-state index in [2.05, 4.69) is 31.9 Å². The zero-order chi connectivity index (χ0) is 12.3. The predicted molar refractivity (Wildman–Crippen MR) is 65.2 cm³/mol. The number of rotatable bonds is 3. The van der Waals surface area contributed by atoms with E-state index in [1.54, 1.807) is 0 Å². The Balaban J connectivity index is 3.32. The third-order valence-corrected chi connectivity index (χ3v) is 3.22. The fraction of sp³-hybridized carbons (Fsp3) is 0. The summed E-state index contributed by atoms with van der Waals surface area (Å²) in [5, 5.41) is 19.1. The van der Waals surface area contributed by atoms with Gasteiger partial charge in [0.05, 0.1) is 4.92 Å². The van der Waals surface area contributed by atoms with Gasteiger partial charge in [-0.2, -0.15) is 0 Å². The number of benzene rings is 1. The molecule has 1 N–H and O–H groups in total. The molecule has 0 aliphatic rings. The van der Waals surface area contributed by atoms with E-state index in [1.807, 2.05) is 0 Å². The van der Waals surface area contributed by atoms with Gasteiger partial charge in [0, 0.05) is 22.2 Å². The first-order chi connectivity index (χ1) is 7.43. The number of nitro groups is 1. The number of nitrogens with zero attached hydrogens (tertiary/aromatic N) is 1. The van der Waals surface area contributed by atoms with Crippen molar-refractivity contribution in [2.24, 2.45) is 0 Å². The molecule has 0 bridgehead atoms. The fourth-order valence-corrected chi connectivity index (χ4v) is 2.36. The van der Waals surface area contributed by atoms with Gasteiger partial charge in [0.2, 0.25) is 0 Å². The van der Waals surface area contributed by atoms with Crippen molar-refractivity contribution in [2.75, 3.05) is 0 Å². The van der Waals surface area contributed by atoms with Crippen LogP contribution in [-0.2, 0) is 4.79 Å². The van der Waals surface area contributed by atoms with Gasteiger partial charge in [-0.3, -0.25) is 10.1 Å². The Labute approximate surface area is 107 Å². The van der Waals surface area contributed by atoms with Crippen molar-refractivity contribution in [3.8, 4) is 0 Å². The largest absolute Gasteiger partial charge is 0.478 e. The van der Waals surface area contributed by atoms with Gasteiger partial charge in [-0.05, 0) is 28.1 Å². The summed E-state index contributed by atoms with van der Waals surface area (Å²) in [4.78, 5) is 20.5. The van der Waals surface area contributed by atoms with Crippen molar-refractivity contribution in [3.63, 3.8) is 0 Å². The van der Waals surface area contributed by atoms with Crippen LogP contribution in [0, 0.1) is 10.1 Å². The zero-order valence-electron chi connectivity index (χ0n) is 7.68. The molecule has 5 nitrogen and oxygen atoms in total. The Morgan fingerprint density at radius 1 is 1.44 bits per heavy atom. The lowest BCUT2D eigenvalue weighted by Crippen LogP contribution is -1.92. The number of carbonyl (C=O) groups is 1. The second-order valence-electron chi connectivity index (χ2n) is 2.72. The second-order valence-corrected chi connectivity index (χ2v) is 4.37. The first-order valence-corrected chi connectivity index (χ1v) is 5.55. The maximum atomic E-state index is 10.6. The molecule has 0 spiro atoms. The van der Waals surface area contributed by atoms with Crippen molar-refractivity contribution in [2.45, 2.75) is 0 Å². The maximum Gasteiger partial charge on any atom is 0.328 e. The Bertz CT molecular complexity index is 485. The quantitative estimate of drug-likeness (QED) is 0.515. The van der Waals surface area contributed by atoms with E-state index in [-0.39, 0.29) is 10.2 Å². The van der Waals surface area contributed by atoms with E-state index in [4.69, 9.17) is 5.11 Å². The Hall–Kier alpha value is -1.21. The summed E-state index contributed by atoms with van der Waals surface area (Å²) in [6, 6.07) is 2.82. The summed E-state index contributed by atoms with van der Waals surface area (Å²) in [5.74, 6) is -1.12. The van der Waals surface area contributed by atoms with E-state index < -0.39 is 10.9 Å². The molecule has 0 aliphatic heterocycles. The molecule has 0 fully saturated rings. The van der Waals surface area contributed by atoms with Crippen LogP contribution in [-0.4, -0.2) is 16.0 Å². The van der Waals surface area contributed by atoms with Crippen LogP contribution in [0.15, 0.2) is 27.2 Å². The number of hydrogen-bond donors (Lipinski definition) is 1. The monoisotopic (exact) mass is 349 g/mol. The lowest BCUT2D eigenvalue weighted by molar-refractivity contribution is -0.385. The van der Waals surface area contributed by atoms with Gasteiger partial charge in [0.1, 0.15) is 4.47 Å². The third kappa shape index (κ3) is 2.89. The highest BCUT2D eigenvalue weighted by Gasteiger charge is 2.16. The van der Waals surface area contributed by atoms with Crippen LogP contribution in [0.3, 0.4) is 0 Å². The highest BCUT2D eigenvalue weighted by molar-refractivity contribution is 9.11. The molecular formula is C9H5Br2NO4. The van der Waals surface area contributed by atoms with Crippen molar-refractivity contribution < 1.29 is 14.8 Å². The van der Waals surface area contributed by atoms with Gasteiger partial charge < -0.3 is 5.11 Å². The summed E-state index contributed by atoms with van der Waals surface area (Å²) < 4.78 is 0.812. The van der Waals surface area contributed by atoms with Crippen molar-refractivity contribution in [1.29, 1.82) is 0 Å². The van der Waals surface area contributed by atoms with Gasteiger partial charge >= 0.3 is 5.97 Å². The summed E-state index contributed by atoms with van der Waals surface area (Å²) in [5.41, 5.74) is 0.296. The zero-order valence-corrected chi connectivity index (χ0v) is 10.9. The Morgan fingerprint density at radius 3 is 2.56 bits per heavy atom. The molecule has 84 valence electrons. The van der Waals surface area contributed by atoms with E-state index in [1.165, 1.54) is 18.2 Å². The summed E-state index contributed by atoms with van der Waals surface area (Å²) in [7, 11) is 0. The Kier molecular flexibility index (Phi) is 4.19. The minimum Gasteiger partial charge on any atom is -0.478 e. The summed E-state index contributed by atoms with van der Waals surface area (Å²) in [6.45, 7) is 0. The molecule has 16 heavy (non-hydrogen) atoms. The minimum atomic E-state index is -1.12. The van der Waals surface area contributed by atoms with Crippen molar-refractivity contribution >= 4 is 49.6 Å². The minimum absolute atomic E-state index is 0.117. The molecule has 1 aromatic carbocycles. The number of carboxylic acids is 1. The first-order valence-electron chi connectivity index (χ1n) is 3.97. The molecule has 1 aromatic rings. The van der Waals surface area contributed by atoms with Gasteiger partial charge in [-0.25, -0.2) is 4.79 Å². The number of halogens is 2. The lowest BCUT2D eigenvalue weighted by atomic mass is 10.2. The maximum absolute atomic E-state index is 10.6. The number of nitro benzene ring substituents is 1. The summed E-state index contributed by atoms with van der Waals surface area (Å²) in [6.07, 6.45) is 2.19. The first kappa shape index (κ1) is 12.9. The predicted octanol–water partition coefficient (Wildman–Crippen LogP) is 3.22. The van der Waals surface area contributed by atoms with Crippen LogP contribution in [0.25, 0.3) is 6.08 Å². The van der Waals surface area contributed by atoms with Gasteiger partial charge in [0.15, 0.2) is 0 Å².